The number of nitrogens with one attached hydrogen (secondary N) is 2. The first-order valence-electron chi connectivity index (χ1n) is 8.97. The molecule has 0 atom stereocenters. The minimum Gasteiger partial charge on any atom is -0.492 e. The van der Waals surface area contributed by atoms with Gasteiger partial charge in [-0.2, -0.15) is 5.26 Å². The molecule has 2 aromatic rings. The maximum absolute atomic E-state index is 12.6. The number of hydrogen-bond donors (Lipinski definition) is 2. The van der Waals surface area contributed by atoms with Crippen molar-refractivity contribution in [2.45, 2.75) is 33.6 Å². The molecule has 0 aliphatic rings. The summed E-state index contributed by atoms with van der Waals surface area (Å²) in [4.78, 5) is 12.6. The van der Waals surface area contributed by atoms with Gasteiger partial charge >= 0.3 is 0 Å². The van der Waals surface area contributed by atoms with E-state index in [1.165, 1.54) is 6.20 Å². The molecule has 2 rings (SSSR count). The third kappa shape index (κ3) is 5.11. The lowest BCUT2D eigenvalue weighted by Crippen LogP contribution is -2.17. The van der Waals surface area contributed by atoms with Crippen molar-refractivity contribution in [3.8, 4) is 11.8 Å². The van der Waals surface area contributed by atoms with E-state index in [4.69, 9.17) is 4.74 Å². The lowest BCUT2D eigenvalue weighted by molar-refractivity contribution is -0.112. The fourth-order valence-corrected chi connectivity index (χ4v) is 2.69. The van der Waals surface area contributed by atoms with Crippen LogP contribution in [-0.4, -0.2) is 12.5 Å². The van der Waals surface area contributed by atoms with Crippen LogP contribution in [0.3, 0.4) is 0 Å². The van der Waals surface area contributed by atoms with Crippen LogP contribution < -0.4 is 15.4 Å². The molecule has 1 amide bonds. The van der Waals surface area contributed by atoms with Gasteiger partial charge in [0.2, 0.25) is 0 Å². The Hall–Kier alpha value is -3.26. The van der Waals surface area contributed by atoms with Gasteiger partial charge in [0.15, 0.2) is 0 Å². The second-order valence-electron chi connectivity index (χ2n) is 6.39. The molecule has 140 valence electrons. The van der Waals surface area contributed by atoms with E-state index < -0.39 is 5.91 Å². The molecule has 0 fully saturated rings. The van der Waals surface area contributed by atoms with E-state index in [1.807, 2.05) is 62.4 Å². The van der Waals surface area contributed by atoms with E-state index in [0.717, 1.165) is 16.8 Å². The minimum absolute atomic E-state index is 0.0146. The number of para-hydroxylation sites is 3. The highest BCUT2D eigenvalue weighted by Gasteiger charge is 2.15. The van der Waals surface area contributed by atoms with Gasteiger partial charge in [0.25, 0.3) is 5.91 Å². The molecule has 2 N–H and O–H groups in total. The fourth-order valence-electron chi connectivity index (χ4n) is 2.69. The van der Waals surface area contributed by atoms with E-state index in [9.17, 15) is 10.1 Å². The average molecular weight is 363 g/mol. The summed E-state index contributed by atoms with van der Waals surface area (Å²) >= 11 is 0. The molecule has 0 bridgehead atoms. The number of ether oxygens (including phenoxy) is 1. The van der Waals surface area contributed by atoms with Crippen LogP contribution in [0.25, 0.3) is 0 Å². The molecule has 27 heavy (non-hydrogen) atoms. The van der Waals surface area contributed by atoms with E-state index in [0.29, 0.717) is 18.0 Å². The largest absolute Gasteiger partial charge is 0.492 e. The normalized spacial score (nSPS) is 11.0. The van der Waals surface area contributed by atoms with E-state index in [1.54, 1.807) is 0 Å². The van der Waals surface area contributed by atoms with Gasteiger partial charge in [0, 0.05) is 11.9 Å². The number of nitriles is 1. The molecule has 5 nitrogen and oxygen atoms in total. The predicted molar refractivity (Wildman–Crippen MR) is 109 cm³/mol. The van der Waals surface area contributed by atoms with Gasteiger partial charge < -0.3 is 15.4 Å². The molecule has 0 aliphatic carbocycles. The molecule has 0 radical (unpaired) electrons. The van der Waals surface area contributed by atoms with Gasteiger partial charge in [-0.05, 0) is 43.0 Å². The zero-order chi connectivity index (χ0) is 19.8. The number of amides is 1. The van der Waals surface area contributed by atoms with Crippen LogP contribution in [0, 0.1) is 18.3 Å². The third-order valence-electron chi connectivity index (χ3n) is 4.09. The first-order chi connectivity index (χ1) is 13.0. The van der Waals surface area contributed by atoms with Gasteiger partial charge in [0.05, 0.1) is 12.3 Å². The second-order valence-corrected chi connectivity index (χ2v) is 6.39. The number of rotatable bonds is 7. The smallest absolute Gasteiger partial charge is 0.267 e. The lowest BCUT2D eigenvalue weighted by Gasteiger charge is -2.16. The van der Waals surface area contributed by atoms with Gasteiger partial charge in [-0.1, -0.05) is 44.2 Å². The Balaban J connectivity index is 2.23. The van der Waals surface area contributed by atoms with Crippen molar-refractivity contribution >= 4 is 17.3 Å². The van der Waals surface area contributed by atoms with E-state index >= 15 is 0 Å². The summed E-state index contributed by atoms with van der Waals surface area (Å²) in [7, 11) is 0. The number of hydrogen-bond acceptors (Lipinski definition) is 4. The first-order valence-corrected chi connectivity index (χ1v) is 8.97. The summed E-state index contributed by atoms with van der Waals surface area (Å²) in [6, 6.07) is 15.2. The summed E-state index contributed by atoms with van der Waals surface area (Å²) in [5, 5.41) is 15.3. The predicted octanol–water partition coefficient (Wildman–Crippen LogP) is 4.98. The Bertz CT molecular complexity index is 879. The van der Waals surface area contributed by atoms with Crippen molar-refractivity contribution in [2.75, 3.05) is 17.2 Å². The minimum atomic E-state index is -0.449. The maximum atomic E-state index is 12.6. The van der Waals surface area contributed by atoms with Crippen molar-refractivity contribution in [3.05, 3.63) is 65.4 Å². The summed E-state index contributed by atoms with van der Waals surface area (Å²) in [5.74, 6) is 0.468. The Labute approximate surface area is 160 Å². The fraction of sp³-hybridized carbons (Fsp3) is 0.273. The molecule has 0 saturated carbocycles. The highest BCUT2D eigenvalue weighted by atomic mass is 16.5. The van der Waals surface area contributed by atoms with Gasteiger partial charge in [0.1, 0.15) is 17.4 Å². The molecule has 0 unspecified atom stereocenters. The van der Waals surface area contributed by atoms with Gasteiger partial charge in [-0.15, -0.1) is 0 Å². The van der Waals surface area contributed by atoms with Crippen LogP contribution in [0.1, 0.15) is 37.8 Å². The van der Waals surface area contributed by atoms with Crippen molar-refractivity contribution in [3.63, 3.8) is 0 Å². The molecule has 0 saturated heterocycles. The summed E-state index contributed by atoms with van der Waals surface area (Å²) in [6.45, 7) is 8.50. The van der Waals surface area contributed by atoms with Crippen molar-refractivity contribution in [1.82, 2.24) is 0 Å². The van der Waals surface area contributed by atoms with Crippen molar-refractivity contribution < 1.29 is 9.53 Å². The molecular weight excluding hydrogens is 338 g/mol. The Morgan fingerprint density at radius 1 is 1.22 bits per heavy atom. The van der Waals surface area contributed by atoms with Crippen molar-refractivity contribution in [2.24, 2.45) is 0 Å². The number of carbonyl (C=O) groups is 1. The SMILES string of the molecule is CCOc1ccccc1N/C=C(/C#N)C(=O)Nc1c(C)cccc1C(C)C. The Morgan fingerprint density at radius 2 is 1.96 bits per heavy atom. The Morgan fingerprint density at radius 3 is 2.63 bits per heavy atom. The quantitative estimate of drug-likeness (QED) is 0.538. The first kappa shape index (κ1) is 20.1. The number of nitrogens with zero attached hydrogens (tertiary/aromatic N) is 1. The molecular formula is C22H25N3O2. The van der Waals surface area contributed by atoms with Crippen LogP contribution >= 0.6 is 0 Å². The summed E-state index contributed by atoms with van der Waals surface area (Å²) < 4.78 is 5.54. The van der Waals surface area contributed by atoms with E-state index in [2.05, 4.69) is 24.5 Å². The molecule has 0 aromatic heterocycles. The number of benzene rings is 2. The van der Waals surface area contributed by atoms with Crippen LogP contribution in [0.2, 0.25) is 0 Å². The highest BCUT2D eigenvalue weighted by molar-refractivity contribution is 6.07. The number of aryl methyl sites for hydroxylation is 1. The molecule has 0 spiro atoms. The highest BCUT2D eigenvalue weighted by Crippen LogP contribution is 2.28. The molecule has 0 aliphatic heterocycles. The standard InChI is InChI=1S/C22H25N3O2/c1-5-27-20-12-7-6-11-19(20)24-14-17(13-23)22(26)25-21-16(4)9-8-10-18(21)15(2)3/h6-12,14-15,24H,5H2,1-4H3,(H,25,26)/b17-14-. The number of anilines is 2. The van der Waals surface area contributed by atoms with Crippen LogP contribution in [0.15, 0.2) is 54.2 Å². The topological polar surface area (TPSA) is 74.1 Å². The summed E-state index contributed by atoms with van der Waals surface area (Å²) in [6.07, 6.45) is 1.40. The molecule has 2 aromatic carbocycles. The summed E-state index contributed by atoms with van der Waals surface area (Å²) in [5.41, 5.74) is 3.43. The molecule has 5 heteroatoms. The number of carbonyl (C=O) groups excluding carboxylic acids is 1. The maximum Gasteiger partial charge on any atom is 0.267 e. The molecule has 0 heterocycles. The lowest BCUT2D eigenvalue weighted by atomic mass is 9.98. The van der Waals surface area contributed by atoms with Crippen LogP contribution in [0.4, 0.5) is 11.4 Å². The van der Waals surface area contributed by atoms with Gasteiger partial charge in [-0.3, -0.25) is 4.79 Å². The zero-order valence-electron chi connectivity index (χ0n) is 16.2. The van der Waals surface area contributed by atoms with Crippen LogP contribution in [-0.2, 0) is 4.79 Å². The second kappa shape index (κ2) is 9.44. The average Bonchev–Trinajstić information content (AvgIpc) is 2.65. The third-order valence-corrected chi connectivity index (χ3v) is 4.09. The monoisotopic (exact) mass is 363 g/mol. The zero-order valence-corrected chi connectivity index (χ0v) is 16.2. The van der Waals surface area contributed by atoms with E-state index in [-0.39, 0.29) is 11.5 Å². The van der Waals surface area contributed by atoms with Gasteiger partial charge in [-0.25, -0.2) is 0 Å². The van der Waals surface area contributed by atoms with Crippen molar-refractivity contribution in [1.29, 1.82) is 5.26 Å². The van der Waals surface area contributed by atoms with Crippen LogP contribution in [0.5, 0.6) is 5.75 Å². The Kier molecular flexibility index (Phi) is 7.01.